The number of nitrogens with one attached hydrogen (secondary N) is 1. The van der Waals surface area contributed by atoms with Crippen molar-refractivity contribution < 1.29 is 23.1 Å². The first-order valence-electron chi connectivity index (χ1n) is 5.26. The van der Waals surface area contributed by atoms with Crippen LogP contribution in [-0.4, -0.2) is 21.3 Å². The highest BCUT2D eigenvalue weighted by Crippen LogP contribution is 2.38. The van der Waals surface area contributed by atoms with E-state index in [9.17, 15) is 18.0 Å². The number of H-pyrrole nitrogens is 1. The van der Waals surface area contributed by atoms with Crippen LogP contribution < -0.4 is 0 Å². The van der Waals surface area contributed by atoms with Crippen molar-refractivity contribution in [3.63, 3.8) is 0 Å². The first-order chi connectivity index (χ1) is 8.80. The van der Waals surface area contributed by atoms with Gasteiger partial charge in [0.2, 0.25) is 0 Å². The number of hydrogen-bond donors (Lipinski definition) is 2. The molecule has 0 bridgehead atoms. The first kappa shape index (κ1) is 13.1. The molecule has 1 aromatic heterocycles. The van der Waals surface area contributed by atoms with Gasteiger partial charge in [-0.3, -0.25) is 5.10 Å². The number of nitrogens with zero attached hydrogens (tertiary/aromatic N) is 1. The second kappa shape index (κ2) is 4.42. The summed E-state index contributed by atoms with van der Waals surface area (Å²) in [6, 6.07) is 4.84. The van der Waals surface area contributed by atoms with E-state index in [1.165, 1.54) is 19.1 Å². The molecule has 100 valence electrons. The number of hydrogen-bond acceptors (Lipinski definition) is 2. The van der Waals surface area contributed by atoms with Crippen LogP contribution in [0.25, 0.3) is 11.3 Å². The molecule has 0 spiro atoms. The van der Waals surface area contributed by atoms with Crippen LogP contribution in [0.2, 0.25) is 0 Å². The van der Waals surface area contributed by atoms with Crippen molar-refractivity contribution in [2.75, 3.05) is 0 Å². The molecule has 2 aromatic rings. The minimum absolute atomic E-state index is 0.0391. The molecule has 0 aliphatic heterocycles. The maximum atomic E-state index is 12.9. The van der Waals surface area contributed by atoms with Crippen LogP contribution in [0.15, 0.2) is 24.3 Å². The SMILES string of the molecule is Cc1cccc(C(F)(F)F)c1-c1cc(C(=O)O)[nH]n1. The molecule has 0 unspecified atom stereocenters. The van der Waals surface area contributed by atoms with Crippen LogP contribution in [0.3, 0.4) is 0 Å². The Hall–Kier alpha value is -2.31. The average molecular weight is 270 g/mol. The van der Waals surface area contributed by atoms with Gasteiger partial charge in [0.15, 0.2) is 0 Å². The van der Waals surface area contributed by atoms with Gasteiger partial charge < -0.3 is 5.11 Å². The molecule has 0 aliphatic carbocycles. The Morgan fingerprint density at radius 2 is 2.05 bits per heavy atom. The lowest BCUT2D eigenvalue weighted by atomic mass is 9.98. The molecule has 1 aromatic carbocycles. The number of aromatic amines is 1. The second-order valence-electron chi connectivity index (χ2n) is 3.97. The van der Waals surface area contributed by atoms with Gasteiger partial charge in [-0.25, -0.2) is 4.79 Å². The highest BCUT2D eigenvalue weighted by molar-refractivity contribution is 5.87. The van der Waals surface area contributed by atoms with Gasteiger partial charge in [0.1, 0.15) is 5.69 Å². The Bertz CT molecular complexity index is 632. The first-order valence-corrected chi connectivity index (χ1v) is 5.26. The number of alkyl halides is 3. The summed E-state index contributed by atoms with van der Waals surface area (Å²) in [5.41, 5.74) is -0.873. The normalized spacial score (nSPS) is 11.6. The number of benzene rings is 1. The number of carbonyl (C=O) groups is 1. The summed E-state index contributed by atoms with van der Waals surface area (Å²) in [5.74, 6) is -1.28. The summed E-state index contributed by atoms with van der Waals surface area (Å²) >= 11 is 0. The number of aromatic nitrogens is 2. The minimum atomic E-state index is -4.52. The van der Waals surface area contributed by atoms with Crippen LogP contribution in [0.1, 0.15) is 21.6 Å². The fourth-order valence-corrected chi connectivity index (χ4v) is 1.80. The van der Waals surface area contributed by atoms with Gasteiger partial charge in [-0.2, -0.15) is 18.3 Å². The highest BCUT2D eigenvalue weighted by atomic mass is 19.4. The minimum Gasteiger partial charge on any atom is -0.477 e. The summed E-state index contributed by atoms with van der Waals surface area (Å²) in [5, 5.41) is 14.6. The van der Waals surface area contributed by atoms with Crippen molar-refractivity contribution in [1.82, 2.24) is 10.2 Å². The summed E-state index contributed by atoms with van der Waals surface area (Å²) in [6.07, 6.45) is -4.52. The van der Waals surface area contributed by atoms with E-state index in [0.29, 0.717) is 5.56 Å². The van der Waals surface area contributed by atoms with Gasteiger partial charge in [-0.15, -0.1) is 0 Å². The number of carboxylic acids is 1. The molecular weight excluding hydrogens is 261 g/mol. The predicted molar refractivity (Wildman–Crippen MR) is 60.7 cm³/mol. The fourth-order valence-electron chi connectivity index (χ4n) is 1.80. The third kappa shape index (κ3) is 2.44. The molecule has 0 amide bonds. The van der Waals surface area contributed by atoms with Crippen LogP contribution in [0, 0.1) is 6.92 Å². The Labute approximate surface area is 105 Å². The van der Waals surface area contributed by atoms with E-state index < -0.39 is 17.7 Å². The van der Waals surface area contributed by atoms with Crippen molar-refractivity contribution in [1.29, 1.82) is 0 Å². The van der Waals surface area contributed by atoms with Crippen LogP contribution in [-0.2, 0) is 6.18 Å². The molecule has 0 radical (unpaired) electrons. The summed E-state index contributed by atoms with van der Waals surface area (Å²) < 4.78 is 38.8. The number of rotatable bonds is 2. The monoisotopic (exact) mass is 270 g/mol. The molecule has 0 atom stereocenters. The third-order valence-electron chi connectivity index (χ3n) is 2.64. The lowest BCUT2D eigenvalue weighted by molar-refractivity contribution is -0.137. The van der Waals surface area contributed by atoms with Crippen LogP contribution in [0.5, 0.6) is 0 Å². The van der Waals surface area contributed by atoms with Crippen molar-refractivity contribution >= 4 is 5.97 Å². The molecule has 4 nitrogen and oxygen atoms in total. The van der Waals surface area contributed by atoms with Crippen molar-refractivity contribution in [3.05, 3.63) is 41.1 Å². The van der Waals surface area contributed by atoms with Gasteiger partial charge >= 0.3 is 12.1 Å². The Morgan fingerprint density at radius 1 is 1.37 bits per heavy atom. The Kier molecular flexibility index (Phi) is 3.05. The molecule has 0 saturated carbocycles. The van der Waals surface area contributed by atoms with Crippen LogP contribution in [0.4, 0.5) is 13.2 Å². The molecule has 19 heavy (non-hydrogen) atoms. The lowest BCUT2D eigenvalue weighted by Crippen LogP contribution is -2.08. The number of aromatic carboxylic acids is 1. The van der Waals surface area contributed by atoms with E-state index in [-0.39, 0.29) is 17.0 Å². The molecule has 2 N–H and O–H groups in total. The molecule has 2 rings (SSSR count). The second-order valence-corrected chi connectivity index (χ2v) is 3.97. The molecule has 1 heterocycles. The highest BCUT2D eigenvalue weighted by Gasteiger charge is 2.34. The summed E-state index contributed by atoms with van der Waals surface area (Å²) in [6.45, 7) is 1.51. The molecule has 0 saturated heterocycles. The zero-order valence-electron chi connectivity index (χ0n) is 9.75. The number of halogens is 3. The molecule has 7 heteroatoms. The summed E-state index contributed by atoms with van der Waals surface area (Å²) in [4.78, 5) is 10.7. The van der Waals surface area contributed by atoms with E-state index in [1.807, 2.05) is 0 Å². The Balaban J connectivity index is 2.63. The number of aryl methyl sites for hydroxylation is 1. The van der Waals surface area contributed by atoms with Gasteiger partial charge in [0.05, 0.1) is 11.3 Å². The van der Waals surface area contributed by atoms with E-state index in [0.717, 1.165) is 12.1 Å². The van der Waals surface area contributed by atoms with E-state index in [2.05, 4.69) is 10.2 Å². The van der Waals surface area contributed by atoms with E-state index in [1.54, 1.807) is 0 Å². The lowest BCUT2D eigenvalue weighted by Gasteiger charge is -2.13. The van der Waals surface area contributed by atoms with Gasteiger partial charge in [-0.1, -0.05) is 12.1 Å². The zero-order valence-corrected chi connectivity index (χ0v) is 9.75. The molecular formula is C12H9F3N2O2. The molecule has 0 aliphatic rings. The quantitative estimate of drug-likeness (QED) is 0.881. The molecule has 0 fully saturated rings. The summed E-state index contributed by atoms with van der Waals surface area (Å²) in [7, 11) is 0. The largest absolute Gasteiger partial charge is 0.477 e. The Morgan fingerprint density at radius 3 is 2.58 bits per heavy atom. The van der Waals surface area contributed by atoms with Crippen molar-refractivity contribution in [2.24, 2.45) is 0 Å². The standard InChI is InChI=1S/C12H9F3N2O2/c1-6-3-2-4-7(12(13,14)15)10(6)8-5-9(11(18)19)17-16-8/h2-5H,1H3,(H,16,17)(H,18,19). The number of carboxylic acid groups (broad SMARTS) is 1. The smallest absolute Gasteiger partial charge is 0.417 e. The van der Waals surface area contributed by atoms with E-state index >= 15 is 0 Å². The van der Waals surface area contributed by atoms with Crippen LogP contribution >= 0.6 is 0 Å². The third-order valence-corrected chi connectivity index (χ3v) is 2.64. The fraction of sp³-hybridized carbons (Fsp3) is 0.167. The van der Waals surface area contributed by atoms with Gasteiger partial charge in [0, 0.05) is 5.56 Å². The average Bonchev–Trinajstić information content (AvgIpc) is 2.76. The predicted octanol–water partition coefficient (Wildman–Crippen LogP) is 3.10. The van der Waals surface area contributed by atoms with E-state index in [4.69, 9.17) is 5.11 Å². The zero-order chi connectivity index (χ0) is 14.2. The topological polar surface area (TPSA) is 66.0 Å². The van der Waals surface area contributed by atoms with Gasteiger partial charge in [-0.05, 0) is 24.6 Å². The van der Waals surface area contributed by atoms with Crippen molar-refractivity contribution in [3.8, 4) is 11.3 Å². The maximum absolute atomic E-state index is 12.9. The maximum Gasteiger partial charge on any atom is 0.417 e. The van der Waals surface area contributed by atoms with Gasteiger partial charge in [0.25, 0.3) is 0 Å². The van der Waals surface area contributed by atoms with Crippen molar-refractivity contribution in [2.45, 2.75) is 13.1 Å².